The molecule has 0 amide bonds. The highest BCUT2D eigenvalue weighted by atomic mass is 16.6. The topological polar surface area (TPSA) is 49.6 Å². The van der Waals surface area contributed by atoms with Crippen LogP contribution in [0.15, 0.2) is 18.2 Å². The van der Waals surface area contributed by atoms with E-state index in [9.17, 15) is 10.1 Å². The lowest BCUT2D eigenvalue weighted by molar-refractivity contribution is -0.384. The molecule has 20 heavy (non-hydrogen) atoms. The first-order valence-electron chi connectivity index (χ1n) is 7.28. The molecule has 2 heterocycles. The Balaban J connectivity index is 1.91. The third-order valence-electron chi connectivity index (χ3n) is 4.82. The third kappa shape index (κ3) is 2.26. The van der Waals surface area contributed by atoms with Gasteiger partial charge >= 0.3 is 0 Å². The van der Waals surface area contributed by atoms with Gasteiger partial charge in [0.15, 0.2) is 0 Å². The fourth-order valence-electron chi connectivity index (χ4n) is 3.57. The predicted molar refractivity (Wildman–Crippen MR) is 79.2 cm³/mol. The highest BCUT2D eigenvalue weighted by Crippen LogP contribution is 2.34. The van der Waals surface area contributed by atoms with E-state index in [-0.39, 0.29) is 10.6 Å². The first-order chi connectivity index (χ1) is 9.56. The number of benzene rings is 1. The summed E-state index contributed by atoms with van der Waals surface area (Å²) in [6.07, 6.45) is 3.57. The molecule has 0 spiro atoms. The molecule has 2 unspecified atom stereocenters. The van der Waals surface area contributed by atoms with Crippen molar-refractivity contribution in [1.82, 2.24) is 4.90 Å². The van der Waals surface area contributed by atoms with Gasteiger partial charge in [0.25, 0.3) is 5.69 Å². The first kappa shape index (κ1) is 13.4. The number of fused-ring (bicyclic) bond motifs is 2. The Kier molecular flexibility index (Phi) is 3.38. The second kappa shape index (κ2) is 5.05. The van der Waals surface area contributed by atoms with Crippen molar-refractivity contribution in [2.24, 2.45) is 0 Å². The number of likely N-dealkylation sites (N-methyl/N-ethyl adjacent to an activating group) is 1. The fraction of sp³-hybridized carbons (Fsp3) is 0.600. The van der Waals surface area contributed by atoms with Gasteiger partial charge in [-0.15, -0.1) is 0 Å². The predicted octanol–water partition coefficient (Wildman–Crippen LogP) is 2.58. The molecule has 0 saturated carbocycles. The van der Waals surface area contributed by atoms with Crippen molar-refractivity contribution in [1.29, 1.82) is 0 Å². The number of hydrogen-bond acceptors (Lipinski definition) is 4. The summed E-state index contributed by atoms with van der Waals surface area (Å²) in [5.41, 5.74) is 1.96. The molecule has 2 aliphatic rings. The molecule has 2 fully saturated rings. The quantitative estimate of drug-likeness (QED) is 0.615. The minimum absolute atomic E-state index is 0.241. The molecule has 3 rings (SSSR count). The van der Waals surface area contributed by atoms with Crippen LogP contribution in [0.3, 0.4) is 0 Å². The summed E-state index contributed by atoms with van der Waals surface area (Å²) in [7, 11) is 2.19. The molecule has 5 nitrogen and oxygen atoms in total. The van der Waals surface area contributed by atoms with Crippen LogP contribution in [0.4, 0.5) is 11.4 Å². The van der Waals surface area contributed by atoms with Gasteiger partial charge in [-0.25, -0.2) is 0 Å². The average Bonchev–Trinajstić information content (AvgIpc) is 2.64. The smallest absolute Gasteiger partial charge is 0.292 e. The summed E-state index contributed by atoms with van der Waals surface area (Å²) >= 11 is 0. The summed E-state index contributed by atoms with van der Waals surface area (Å²) < 4.78 is 0. The summed E-state index contributed by atoms with van der Waals surface area (Å²) in [6, 6.07) is 6.74. The maximum atomic E-state index is 11.3. The Morgan fingerprint density at radius 2 is 2.00 bits per heavy atom. The normalized spacial score (nSPS) is 26.6. The van der Waals surface area contributed by atoms with Gasteiger partial charge in [-0.1, -0.05) is 6.07 Å². The monoisotopic (exact) mass is 275 g/mol. The van der Waals surface area contributed by atoms with E-state index in [4.69, 9.17) is 0 Å². The number of nitro benzene ring substituents is 1. The van der Waals surface area contributed by atoms with Crippen LogP contribution >= 0.6 is 0 Å². The number of hydrogen-bond donors (Lipinski definition) is 0. The molecule has 0 aliphatic carbocycles. The lowest BCUT2D eigenvalue weighted by Gasteiger charge is -2.27. The van der Waals surface area contributed by atoms with Gasteiger partial charge in [-0.05, 0) is 44.9 Å². The number of aryl methyl sites for hydroxylation is 1. The molecule has 2 saturated heterocycles. The van der Waals surface area contributed by atoms with Crippen LogP contribution < -0.4 is 4.90 Å². The molecule has 1 aromatic carbocycles. The summed E-state index contributed by atoms with van der Waals surface area (Å²) in [4.78, 5) is 15.7. The number of nitro groups is 1. The van der Waals surface area contributed by atoms with E-state index in [1.807, 2.05) is 19.1 Å². The molecule has 108 valence electrons. The fourth-order valence-corrected chi connectivity index (χ4v) is 3.57. The second-order valence-electron chi connectivity index (χ2n) is 6.03. The molecule has 2 atom stereocenters. The number of nitrogens with zero attached hydrogens (tertiary/aromatic N) is 3. The molecule has 0 radical (unpaired) electrons. The zero-order chi connectivity index (χ0) is 14.3. The van der Waals surface area contributed by atoms with Crippen molar-refractivity contribution in [3.05, 3.63) is 33.9 Å². The van der Waals surface area contributed by atoms with E-state index in [2.05, 4.69) is 16.8 Å². The third-order valence-corrected chi connectivity index (χ3v) is 4.82. The van der Waals surface area contributed by atoms with Crippen molar-refractivity contribution >= 4 is 11.4 Å². The Hall–Kier alpha value is -1.62. The molecule has 2 bridgehead atoms. The van der Waals surface area contributed by atoms with Crippen LogP contribution in [-0.4, -0.2) is 42.0 Å². The number of rotatable bonds is 2. The second-order valence-corrected chi connectivity index (χ2v) is 6.03. The standard InChI is InChI=1S/C15H21N3O2/c1-11-3-6-14(15(9-11)18(19)20)17-8-7-12-4-5-13(10-17)16(12)2/h3,6,9,12-13H,4-5,7-8,10H2,1-2H3. The van der Waals surface area contributed by atoms with Gasteiger partial charge in [-0.2, -0.15) is 0 Å². The highest BCUT2D eigenvalue weighted by Gasteiger charge is 2.35. The van der Waals surface area contributed by atoms with E-state index in [0.29, 0.717) is 12.1 Å². The van der Waals surface area contributed by atoms with E-state index in [1.54, 1.807) is 6.07 Å². The largest absolute Gasteiger partial charge is 0.364 e. The first-order valence-corrected chi connectivity index (χ1v) is 7.28. The molecular formula is C15H21N3O2. The maximum Gasteiger partial charge on any atom is 0.292 e. The van der Waals surface area contributed by atoms with Gasteiger partial charge in [0.2, 0.25) is 0 Å². The van der Waals surface area contributed by atoms with Crippen molar-refractivity contribution in [3.8, 4) is 0 Å². The average molecular weight is 275 g/mol. The molecule has 2 aliphatic heterocycles. The lowest BCUT2D eigenvalue weighted by Crippen LogP contribution is -2.36. The van der Waals surface area contributed by atoms with E-state index < -0.39 is 0 Å². The zero-order valence-electron chi connectivity index (χ0n) is 12.1. The lowest BCUT2D eigenvalue weighted by atomic mass is 10.1. The van der Waals surface area contributed by atoms with Gasteiger partial charge in [0.1, 0.15) is 5.69 Å². The Morgan fingerprint density at radius 1 is 1.25 bits per heavy atom. The molecule has 0 aromatic heterocycles. The molecule has 5 heteroatoms. The van der Waals surface area contributed by atoms with Gasteiger partial charge in [0, 0.05) is 31.2 Å². The van der Waals surface area contributed by atoms with Crippen LogP contribution in [0.25, 0.3) is 0 Å². The van der Waals surface area contributed by atoms with E-state index in [0.717, 1.165) is 30.8 Å². The van der Waals surface area contributed by atoms with Gasteiger partial charge in [0.05, 0.1) is 4.92 Å². The molecule has 0 N–H and O–H groups in total. The molecular weight excluding hydrogens is 254 g/mol. The van der Waals surface area contributed by atoms with Gasteiger partial charge < -0.3 is 4.90 Å². The van der Waals surface area contributed by atoms with Crippen LogP contribution in [-0.2, 0) is 0 Å². The van der Waals surface area contributed by atoms with Crippen molar-refractivity contribution in [3.63, 3.8) is 0 Å². The summed E-state index contributed by atoms with van der Waals surface area (Å²) in [5, 5.41) is 11.3. The SMILES string of the molecule is Cc1ccc(N2CCC3CCC(C2)N3C)c([N+](=O)[O-])c1. The van der Waals surface area contributed by atoms with Crippen LogP contribution in [0.2, 0.25) is 0 Å². The maximum absolute atomic E-state index is 11.3. The summed E-state index contributed by atoms with van der Waals surface area (Å²) in [5.74, 6) is 0. The van der Waals surface area contributed by atoms with E-state index >= 15 is 0 Å². The molecule has 1 aromatic rings. The van der Waals surface area contributed by atoms with Crippen molar-refractivity contribution < 1.29 is 4.92 Å². The van der Waals surface area contributed by atoms with Gasteiger partial charge in [-0.3, -0.25) is 15.0 Å². The Labute approximate surface area is 119 Å². The Bertz CT molecular complexity index is 532. The summed E-state index contributed by atoms with van der Waals surface area (Å²) in [6.45, 7) is 3.71. The van der Waals surface area contributed by atoms with Crippen LogP contribution in [0, 0.1) is 17.0 Å². The van der Waals surface area contributed by atoms with Crippen LogP contribution in [0.5, 0.6) is 0 Å². The Morgan fingerprint density at radius 3 is 2.75 bits per heavy atom. The highest BCUT2D eigenvalue weighted by molar-refractivity contribution is 5.64. The van der Waals surface area contributed by atoms with Crippen molar-refractivity contribution in [2.75, 3.05) is 25.0 Å². The van der Waals surface area contributed by atoms with E-state index in [1.165, 1.54) is 12.8 Å². The minimum atomic E-state index is -0.255. The number of anilines is 1. The zero-order valence-corrected chi connectivity index (χ0v) is 12.1. The minimum Gasteiger partial charge on any atom is -0.364 e. The van der Waals surface area contributed by atoms with Crippen LogP contribution in [0.1, 0.15) is 24.8 Å². The van der Waals surface area contributed by atoms with Crippen molar-refractivity contribution in [2.45, 2.75) is 38.3 Å².